The molecular weight excluding hydrogens is 362 g/mol. The van der Waals surface area contributed by atoms with Gasteiger partial charge in [0.25, 0.3) is 5.91 Å². The highest BCUT2D eigenvalue weighted by Crippen LogP contribution is 2.32. The van der Waals surface area contributed by atoms with Crippen LogP contribution in [-0.2, 0) is 32.2 Å². The Bertz CT molecular complexity index is 783. The normalized spacial score (nSPS) is 24.6. The second-order valence-electron chi connectivity index (χ2n) is 7.04. The minimum Gasteiger partial charge on any atom is -0.451 e. The van der Waals surface area contributed by atoms with Crippen LogP contribution >= 0.6 is 11.3 Å². The summed E-state index contributed by atoms with van der Waals surface area (Å²) in [7, 11) is -1.49. The van der Waals surface area contributed by atoms with Crippen molar-refractivity contribution < 1.29 is 22.7 Å². The number of likely N-dealkylation sites (N-methyl/N-ethyl adjacent to an activating group) is 1. The van der Waals surface area contributed by atoms with E-state index in [-0.39, 0.29) is 30.1 Å². The Balaban J connectivity index is 1.54. The van der Waals surface area contributed by atoms with E-state index in [9.17, 15) is 18.0 Å². The molecule has 1 fully saturated rings. The molecule has 138 valence electrons. The lowest BCUT2D eigenvalue weighted by Gasteiger charge is -2.23. The molecule has 0 spiro atoms. The van der Waals surface area contributed by atoms with E-state index in [0.29, 0.717) is 17.2 Å². The molecule has 2 atom stereocenters. The molecule has 1 saturated heterocycles. The van der Waals surface area contributed by atoms with Gasteiger partial charge < -0.3 is 9.64 Å². The van der Waals surface area contributed by atoms with Crippen molar-refractivity contribution in [2.75, 3.05) is 25.2 Å². The zero-order valence-electron chi connectivity index (χ0n) is 14.5. The summed E-state index contributed by atoms with van der Waals surface area (Å²) in [6.07, 6.45) is 3.55. The molecule has 1 aromatic heterocycles. The van der Waals surface area contributed by atoms with Gasteiger partial charge in [-0.05, 0) is 43.2 Å². The fourth-order valence-electron chi connectivity index (χ4n) is 3.39. The first-order chi connectivity index (χ1) is 11.7. The van der Waals surface area contributed by atoms with Gasteiger partial charge in [-0.2, -0.15) is 0 Å². The number of ether oxygens (including phenoxy) is 1. The quantitative estimate of drug-likeness (QED) is 0.737. The maximum Gasteiger partial charge on any atom is 0.348 e. The van der Waals surface area contributed by atoms with Gasteiger partial charge in [0.05, 0.1) is 11.5 Å². The summed E-state index contributed by atoms with van der Waals surface area (Å²) in [6.45, 7) is 1.85. The highest BCUT2D eigenvalue weighted by atomic mass is 32.2. The van der Waals surface area contributed by atoms with Crippen molar-refractivity contribution in [3.8, 4) is 0 Å². The minimum absolute atomic E-state index is 0.0149. The van der Waals surface area contributed by atoms with E-state index in [2.05, 4.69) is 6.92 Å². The van der Waals surface area contributed by atoms with Crippen LogP contribution in [0.1, 0.15) is 39.9 Å². The summed E-state index contributed by atoms with van der Waals surface area (Å²) >= 11 is 1.45. The van der Waals surface area contributed by atoms with Crippen LogP contribution in [0.3, 0.4) is 0 Å². The molecule has 1 aliphatic heterocycles. The lowest BCUT2D eigenvalue weighted by molar-refractivity contribution is -0.134. The standard InChI is InChI=1S/C17H23NO5S2/c1-11-3-4-14-12(7-11)8-15(24-14)17(20)23-9-16(19)18(2)13-5-6-25(21,22)10-13/h8,11,13H,3-7,9-10H2,1-2H3. The number of esters is 1. The van der Waals surface area contributed by atoms with Gasteiger partial charge in [-0.15, -0.1) is 11.3 Å². The summed E-state index contributed by atoms with van der Waals surface area (Å²) in [5, 5.41) is 0. The van der Waals surface area contributed by atoms with E-state index in [1.165, 1.54) is 26.7 Å². The zero-order chi connectivity index (χ0) is 18.2. The molecule has 2 heterocycles. The highest BCUT2D eigenvalue weighted by molar-refractivity contribution is 7.91. The molecule has 6 nitrogen and oxygen atoms in total. The lowest BCUT2D eigenvalue weighted by atomic mass is 9.90. The third-order valence-corrected chi connectivity index (χ3v) is 7.97. The van der Waals surface area contributed by atoms with E-state index < -0.39 is 15.8 Å². The van der Waals surface area contributed by atoms with Crippen LogP contribution in [0.15, 0.2) is 6.07 Å². The number of thiophene rings is 1. The lowest BCUT2D eigenvalue weighted by Crippen LogP contribution is -2.40. The zero-order valence-corrected chi connectivity index (χ0v) is 16.1. The Kier molecular flexibility index (Phi) is 5.20. The number of carbonyl (C=O) groups is 2. The van der Waals surface area contributed by atoms with Crippen LogP contribution in [0.2, 0.25) is 0 Å². The third-order valence-electron chi connectivity index (χ3n) is 5.01. The smallest absolute Gasteiger partial charge is 0.348 e. The number of fused-ring (bicyclic) bond motifs is 1. The minimum atomic E-state index is -3.05. The van der Waals surface area contributed by atoms with E-state index in [1.807, 2.05) is 6.07 Å². The molecule has 1 amide bonds. The van der Waals surface area contributed by atoms with Gasteiger partial charge in [-0.3, -0.25) is 4.79 Å². The number of carbonyl (C=O) groups excluding carboxylic acids is 2. The Morgan fingerprint density at radius 1 is 1.36 bits per heavy atom. The molecule has 1 aliphatic carbocycles. The van der Waals surface area contributed by atoms with Crippen molar-refractivity contribution in [2.45, 2.75) is 38.6 Å². The van der Waals surface area contributed by atoms with Crippen molar-refractivity contribution in [3.63, 3.8) is 0 Å². The Labute approximate surface area is 152 Å². The van der Waals surface area contributed by atoms with Crippen LogP contribution < -0.4 is 0 Å². The number of nitrogens with zero attached hydrogens (tertiary/aromatic N) is 1. The van der Waals surface area contributed by atoms with Crippen molar-refractivity contribution in [3.05, 3.63) is 21.4 Å². The first-order valence-corrected chi connectivity index (χ1v) is 11.1. The average molecular weight is 386 g/mol. The van der Waals surface area contributed by atoms with Crippen LogP contribution in [0, 0.1) is 5.92 Å². The fourth-order valence-corrected chi connectivity index (χ4v) is 6.27. The summed E-state index contributed by atoms with van der Waals surface area (Å²) in [4.78, 5) is 27.6. The van der Waals surface area contributed by atoms with Crippen LogP contribution in [0.5, 0.6) is 0 Å². The monoisotopic (exact) mass is 385 g/mol. The van der Waals surface area contributed by atoms with Gasteiger partial charge in [-0.1, -0.05) is 6.92 Å². The van der Waals surface area contributed by atoms with E-state index in [0.717, 1.165) is 19.3 Å². The van der Waals surface area contributed by atoms with Crippen molar-refractivity contribution >= 4 is 33.1 Å². The summed E-state index contributed by atoms with van der Waals surface area (Å²) < 4.78 is 28.2. The second-order valence-corrected chi connectivity index (χ2v) is 10.4. The van der Waals surface area contributed by atoms with Crippen LogP contribution in [-0.4, -0.2) is 56.4 Å². The maximum absolute atomic E-state index is 12.2. The Morgan fingerprint density at radius 2 is 2.12 bits per heavy atom. The number of rotatable bonds is 4. The summed E-state index contributed by atoms with van der Waals surface area (Å²) in [5.41, 5.74) is 1.22. The van der Waals surface area contributed by atoms with Crippen LogP contribution in [0.25, 0.3) is 0 Å². The molecule has 1 aromatic rings. The molecule has 25 heavy (non-hydrogen) atoms. The molecule has 0 aromatic carbocycles. The van der Waals surface area contributed by atoms with E-state index in [4.69, 9.17) is 4.74 Å². The number of hydrogen-bond acceptors (Lipinski definition) is 6. The van der Waals surface area contributed by atoms with Crippen molar-refractivity contribution in [1.82, 2.24) is 4.90 Å². The Morgan fingerprint density at radius 3 is 2.80 bits per heavy atom. The summed E-state index contributed by atoms with van der Waals surface area (Å²) in [6, 6.07) is 1.56. The number of hydrogen-bond donors (Lipinski definition) is 0. The highest BCUT2D eigenvalue weighted by Gasteiger charge is 2.33. The molecular formula is C17H23NO5S2. The van der Waals surface area contributed by atoms with Gasteiger partial charge >= 0.3 is 5.97 Å². The van der Waals surface area contributed by atoms with Gasteiger partial charge in [-0.25, -0.2) is 13.2 Å². The maximum atomic E-state index is 12.2. The fraction of sp³-hybridized carbons (Fsp3) is 0.647. The molecule has 2 unspecified atom stereocenters. The van der Waals surface area contributed by atoms with Gasteiger partial charge in [0.15, 0.2) is 16.4 Å². The van der Waals surface area contributed by atoms with E-state index >= 15 is 0 Å². The molecule has 0 bridgehead atoms. The molecule has 3 rings (SSSR count). The number of sulfone groups is 1. The second kappa shape index (κ2) is 7.07. The molecule has 0 radical (unpaired) electrons. The largest absolute Gasteiger partial charge is 0.451 e. The molecule has 8 heteroatoms. The average Bonchev–Trinajstić information content (AvgIpc) is 3.14. The number of amides is 1. The molecule has 0 saturated carbocycles. The van der Waals surface area contributed by atoms with Crippen molar-refractivity contribution in [2.24, 2.45) is 5.92 Å². The third kappa shape index (κ3) is 4.23. The molecule has 0 N–H and O–H groups in total. The van der Waals surface area contributed by atoms with Gasteiger partial charge in [0.2, 0.25) is 0 Å². The predicted octanol–water partition coefficient (Wildman–Crippen LogP) is 1.68. The first kappa shape index (κ1) is 18.4. The van der Waals surface area contributed by atoms with Crippen molar-refractivity contribution in [1.29, 1.82) is 0 Å². The first-order valence-electron chi connectivity index (χ1n) is 8.50. The van der Waals surface area contributed by atoms with Gasteiger partial charge in [0, 0.05) is 18.0 Å². The van der Waals surface area contributed by atoms with Crippen LogP contribution in [0.4, 0.5) is 0 Å². The topological polar surface area (TPSA) is 80.8 Å². The Hall–Kier alpha value is -1.41. The van der Waals surface area contributed by atoms with Gasteiger partial charge in [0.1, 0.15) is 4.88 Å². The van der Waals surface area contributed by atoms with E-state index in [1.54, 1.807) is 7.05 Å². The summed E-state index contributed by atoms with van der Waals surface area (Å²) in [5.74, 6) is -0.130. The predicted molar refractivity (Wildman–Crippen MR) is 95.6 cm³/mol. The molecule has 2 aliphatic rings. The SMILES string of the molecule is CC1CCc2sc(C(=O)OCC(=O)N(C)C3CCS(=O)(=O)C3)cc2C1. The number of aryl methyl sites for hydroxylation is 1.